The van der Waals surface area contributed by atoms with Crippen LogP contribution in [0.3, 0.4) is 0 Å². The lowest BCUT2D eigenvalue weighted by Gasteiger charge is -2.03. The Morgan fingerprint density at radius 1 is 1.47 bits per heavy atom. The van der Waals surface area contributed by atoms with Gasteiger partial charge in [-0.05, 0) is 18.6 Å². The smallest absolute Gasteiger partial charge is 0.165 e. The molecule has 0 aliphatic carbocycles. The molecule has 0 saturated carbocycles. The Labute approximate surface area is 89.3 Å². The van der Waals surface area contributed by atoms with Crippen LogP contribution in [0.4, 0.5) is 0 Å². The number of aromatic nitrogens is 3. The molecule has 0 spiro atoms. The molecule has 0 aliphatic heterocycles. The highest BCUT2D eigenvalue weighted by atomic mass is 15.3. The van der Waals surface area contributed by atoms with Gasteiger partial charge in [0, 0.05) is 12.2 Å². The van der Waals surface area contributed by atoms with E-state index < -0.39 is 0 Å². The molecule has 2 aromatic rings. The molecular formula is C11H16N4. The maximum absolute atomic E-state index is 4.47. The highest BCUT2D eigenvalue weighted by Crippen LogP contribution is 2.06. The van der Waals surface area contributed by atoms with Crippen LogP contribution in [0.15, 0.2) is 18.3 Å². The molecule has 0 aliphatic rings. The van der Waals surface area contributed by atoms with Crippen molar-refractivity contribution >= 4 is 5.65 Å². The second-order valence-corrected chi connectivity index (χ2v) is 4.02. The molecule has 0 amide bonds. The highest BCUT2D eigenvalue weighted by molar-refractivity contribution is 5.45. The standard InChI is InChI=1S/C11H16N4/c1-8(2)12-7-10-13-11-9(3)5-4-6-15(11)14-10/h4-6,8,12H,7H2,1-3H3. The SMILES string of the molecule is Cc1cccn2nc(CNC(C)C)nc12. The third kappa shape index (κ3) is 2.15. The van der Waals surface area contributed by atoms with E-state index in [2.05, 4.69) is 29.2 Å². The summed E-state index contributed by atoms with van der Waals surface area (Å²) in [5.74, 6) is 0.845. The summed E-state index contributed by atoms with van der Waals surface area (Å²) in [7, 11) is 0. The fraction of sp³-hybridized carbons (Fsp3) is 0.455. The summed E-state index contributed by atoms with van der Waals surface area (Å²) in [4.78, 5) is 4.47. The van der Waals surface area contributed by atoms with E-state index in [1.54, 1.807) is 0 Å². The zero-order chi connectivity index (χ0) is 10.8. The molecule has 80 valence electrons. The van der Waals surface area contributed by atoms with Crippen molar-refractivity contribution in [2.24, 2.45) is 0 Å². The number of hydrogen-bond donors (Lipinski definition) is 1. The van der Waals surface area contributed by atoms with Gasteiger partial charge in [0.1, 0.15) is 0 Å². The first-order valence-electron chi connectivity index (χ1n) is 5.21. The van der Waals surface area contributed by atoms with Crippen LogP contribution in [0.25, 0.3) is 5.65 Å². The number of hydrogen-bond acceptors (Lipinski definition) is 3. The lowest BCUT2D eigenvalue weighted by Crippen LogP contribution is -2.22. The van der Waals surface area contributed by atoms with Crippen LogP contribution < -0.4 is 5.32 Å². The van der Waals surface area contributed by atoms with E-state index in [1.165, 1.54) is 0 Å². The van der Waals surface area contributed by atoms with E-state index in [9.17, 15) is 0 Å². The van der Waals surface area contributed by atoms with Crippen molar-refractivity contribution in [1.29, 1.82) is 0 Å². The number of rotatable bonds is 3. The largest absolute Gasteiger partial charge is 0.308 e. The van der Waals surface area contributed by atoms with Gasteiger partial charge in [-0.3, -0.25) is 0 Å². The van der Waals surface area contributed by atoms with E-state index in [-0.39, 0.29) is 0 Å². The number of nitrogens with one attached hydrogen (secondary N) is 1. The van der Waals surface area contributed by atoms with Crippen molar-refractivity contribution in [3.63, 3.8) is 0 Å². The molecule has 0 bridgehead atoms. The lowest BCUT2D eigenvalue weighted by molar-refractivity contribution is 0.572. The highest BCUT2D eigenvalue weighted by Gasteiger charge is 2.05. The maximum Gasteiger partial charge on any atom is 0.165 e. The van der Waals surface area contributed by atoms with Gasteiger partial charge < -0.3 is 5.32 Å². The normalized spacial score (nSPS) is 11.5. The van der Waals surface area contributed by atoms with Gasteiger partial charge in [-0.2, -0.15) is 0 Å². The monoisotopic (exact) mass is 204 g/mol. The number of fused-ring (bicyclic) bond motifs is 1. The second-order valence-electron chi connectivity index (χ2n) is 4.02. The fourth-order valence-electron chi connectivity index (χ4n) is 1.45. The predicted octanol–water partition coefficient (Wildman–Crippen LogP) is 1.54. The van der Waals surface area contributed by atoms with Crippen molar-refractivity contribution in [1.82, 2.24) is 19.9 Å². The minimum Gasteiger partial charge on any atom is -0.308 e. The van der Waals surface area contributed by atoms with E-state index in [0.29, 0.717) is 6.04 Å². The van der Waals surface area contributed by atoms with E-state index >= 15 is 0 Å². The molecule has 2 aromatic heterocycles. The minimum absolute atomic E-state index is 0.456. The first-order valence-corrected chi connectivity index (χ1v) is 5.21. The van der Waals surface area contributed by atoms with Crippen molar-refractivity contribution in [3.8, 4) is 0 Å². The van der Waals surface area contributed by atoms with Gasteiger partial charge in [-0.15, -0.1) is 5.10 Å². The van der Waals surface area contributed by atoms with Crippen LogP contribution in [0, 0.1) is 6.92 Å². The Kier molecular flexibility index (Phi) is 2.68. The van der Waals surface area contributed by atoms with Crippen LogP contribution in [0.2, 0.25) is 0 Å². The summed E-state index contributed by atoms with van der Waals surface area (Å²) in [5.41, 5.74) is 2.10. The average Bonchev–Trinajstić information content (AvgIpc) is 2.59. The maximum atomic E-state index is 4.47. The number of nitrogens with zero attached hydrogens (tertiary/aromatic N) is 3. The zero-order valence-electron chi connectivity index (χ0n) is 9.36. The molecular weight excluding hydrogens is 188 g/mol. The molecule has 0 radical (unpaired) electrons. The molecule has 4 heteroatoms. The molecule has 1 N–H and O–H groups in total. The Morgan fingerprint density at radius 2 is 2.27 bits per heavy atom. The molecule has 0 aromatic carbocycles. The number of pyridine rings is 1. The van der Waals surface area contributed by atoms with Crippen LogP contribution in [0.1, 0.15) is 25.2 Å². The van der Waals surface area contributed by atoms with Crippen molar-refractivity contribution < 1.29 is 0 Å². The van der Waals surface area contributed by atoms with Crippen LogP contribution in [-0.4, -0.2) is 20.6 Å². The molecule has 0 saturated heterocycles. The fourth-order valence-corrected chi connectivity index (χ4v) is 1.45. The lowest BCUT2D eigenvalue weighted by atomic mass is 10.3. The van der Waals surface area contributed by atoms with Crippen molar-refractivity contribution in [2.45, 2.75) is 33.4 Å². The summed E-state index contributed by atoms with van der Waals surface area (Å²) >= 11 is 0. The molecule has 0 atom stereocenters. The van der Waals surface area contributed by atoms with Gasteiger partial charge in [-0.25, -0.2) is 9.50 Å². The summed E-state index contributed by atoms with van der Waals surface area (Å²) in [6.07, 6.45) is 1.92. The van der Waals surface area contributed by atoms with E-state index in [0.717, 1.165) is 23.6 Å². The molecule has 0 fully saturated rings. The van der Waals surface area contributed by atoms with Gasteiger partial charge >= 0.3 is 0 Å². The van der Waals surface area contributed by atoms with Crippen LogP contribution >= 0.6 is 0 Å². The Balaban J connectivity index is 2.27. The van der Waals surface area contributed by atoms with Gasteiger partial charge in [-0.1, -0.05) is 19.9 Å². The molecule has 0 unspecified atom stereocenters. The molecule has 15 heavy (non-hydrogen) atoms. The van der Waals surface area contributed by atoms with Crippen LogP contribution in [0.5, 0.6) is 0 Å². The van der Waals surface area contributed by atoms with Gasteiger partial charge in [0.2, 0.25) is 0 Å². The molecule has 2 heterocycles. The molecule has 2 rings (SSSR count). The zero-order valence-corrected chi connectivity index (χ0v) is 9.36. The van der Waals surface area contributed by atoms with E-state index in [1.807, 2.05) is 29.8 Å². The summed E-state index contributed by atoms with van der Waals surface area (Å²) < 4.78 is 1.83. The first-order chi connectivity index (χ1) is 7.16. The third-order valence-electron chi connectivity index (χ3n) is 2.27. The Bertz CT molecular complexity index is 459. The Morgan fingerprint density at radius 3 is 2.93 bits per heavy atom. The topological polar surface area (TPSA) is 42.2 Å². The minimum atomic E-state index is 0.456. The van der Waals surface area contributed by atoms with Gasteiger partial charge in [0.05, 0.1) is 6.54 Å². The summed E-state index contributed by atoms with van der Waals surface area (Å²) in [6.45, 7) is 6.99. The molecule has 4 nitrogen and oxygen atoms in total. The average molecular weight is 204 g/mol. The van der Waals surface area contributed by atoms with Crippen molar-refractivity contribution in [2.75, 3.05) is 0 Å². The summed E-state index contributed by atoms with van der Waals surface area (Å²) in [5, 5.41) is 7.69. The van der Waals surface area contributed by atoms with Crippen LogP contribution in [-0.2, 0) is 6.54 Å². The predicted molar refractivity (Wildman–Crippen MR) is 59.7 cm³/mol. The third-order valence-corrected chi connectivity index (χ3v) is 2.27. The quantitative estimate of drug-likeness (QED) is 0.824. The van der Waals surface area contributed by atoms with E-state index in [4.69, 9.17) is 0 Å². The van der Waals surface area contributed by atoms with Crippen molar-refractivity contribution in [3.05, 3.63) is 29.7 Å². The number of aryl methyl sites for hydroxylation is 1. The second kappa shape index (κ2) is 3.98. The summed E-state index contributed by atoms with van der Waals surface area (Å²) in [6, 6.07) is 4.48. The first kappa shape index (κ1) is 10.1. The van der Waals surface area contributed by atoms with Gasteiger partial charge in [0.25, 0.3) is 0 Å². The Hall–Kier alpha value is -1.42. The van der Waals surface area contributed by atoms with Gasteiger partial charge in [0.15, 0.2) is 11.5 Å².